The van der Waals surface area contributed by atoms with Crippen LogP contribution < -0.4 is 4.74 Å². The molecule has 1 N–H and O–H groups in total. The summed E-state index contributed by atoms with van der Waals surface area (Å²) in [6.07, 6.45) is -0.550. The Balaban J connectivity index is 2.69. The van der Waals surface area contributed by atoms with Crippen molar-refractivity contribution in [3.8, 4) is 5.75 Å². The van der Waals surface area contributed by atoms with Gasteiger partial charge in [0.15, 0.2) is 6.10 Å². The van der Waals surface area contributed by atoms with Gasteiger partial charge in [-0.2, -0.15) is 0 Å². The Labute approximate surface area is 161 Å². The summed E-state index contributed by atoms with van der Waals surface area (Å²) >= 11 is 0. The van der Waals surface area contributed by atoms with Crippen molar-refractivity contribution >= 4 is 11.9 Å². The highest BCUT2D eigenvalue weighted by atomic mass is 16.6. The number of carbonyl (C=O) groups is 2. The Kier molecular flexibility index (Phi) is 9.86. The van der Waals surface area contributed by atoms with E-state index in [0.717, 1.165) is 11.3 Å². The molecule has 6 nitrogen and oxygen atoms in total. The van der Waals surface area contributed by atoms with Crippen molar-refractivity contribution in [1.82, 2.24) is 0 Å². The zero-order valence-corrected chi connectivity index (χ0v) is 16.9. The molecule has 0 saturated carbocycles. The molecule has 0 bridgehead atoms. The van der Waals surface area contributed by atoms with Gasteiger partial charge in [0.1, 0.15) is 5.75 Å². The zero-order valence-electron chi connectivity index (χ0n) is 16.9. The average Bonchev–Trinajstić information content (AvgIpc) is 2.58. The van der Waals surface area contributed by atoms with Crippen LogP contribution in [0.2, 0.25) is 0 Å². The SMILES string of the molecule is CCOc1ccc(CCCC(C(=O)OC(C)C)[C@H](O)C(=O)OC(C)C)cc1. The highest BCUT2D eigenvalue weighted by molar-refractivity contribution is 5.83. The van der Waals surface area contributed by atoms with Crippen LogP contribution >= 0.6 is 0 Å². The molecular weight excluding hydrogens is 348 g/mol. The van der Waals surface area contributed by atoms with Crippen molar-refractivity contribution in [2.75, 3.05) is 6.61 Å². The fourth-order valence-corrected chi connectivity index (χ4v) is 2.64. The number of ether oxygens (including phenoxy) is 3. The number of hydrogen-bond acceptors (Lipinski definition) is 6. The minimum atomic E-state index is -1.53. The normalized spacial score (nSPS) is 13.3. The number of rotatable bonds is 11. The van der Waals surface area contributed by atoms with E-state index >= 15 is 0 Å². The van der Waals surface area contributed by atoms with Crippen molar-refractivity contribution in [1.29, 1.82) is 0 Å². The van der Waals surface area contributed by atoms with Gasteiger partial charge in [0.25, 0.3) is 0 Å². The number of benzene rings is 1. The smallest absolute Gasteiger partial charge is 0.336 e. The maximum absolute atomic E-state index is 12.3. The summed E-state index contributed by atoms with van der Waals surface area (Å²) in [7, 11) is 0. The largest absolute Gasteiger partial charge is 0.494 e. The highest BCUT2D eigenvalue weighted by Crippen LogP contribution is 2.20. The second-order valence-electron chi connectivity index (χ2n) is 6.99. The molecule has 27 heavy (non-hydrogen) atoms. The quantitative estimate of drug-likeness (QED) is 0.593. The summed E-state index contributed by atoms with van der Waals surface area (Å²) < 4.78 is 15.7. The first-order valence-electron chi connectivity index (χ1n) is 9.55. The molecule has 0 aliphatic carbocycles. The number of aliphatic hydroxyl groups is 1. The second-order valence-corrected chi connectivity index (χ2v) is 6.99. The lowest BCUT2D eigenvalue weighted by molar-refractivity contribution is -0.171. The molecule has 6 heteroatoms. The number of hydrogen-bond donors (Lipinski definition) is 1. The fraction of sp³-hybridized carbons (Fsp3) is 0.619. The Bertz CT molecular complexity index is 579. The first-order chi connectivity index (χ1) is 12.7. The maximum atomic E-state index is 12.3. The standard InChI is InChI=1S/C21H32O6/c1-6-25-17-12-10-16(11-13-17)8-7-9-18(20(23)26-14(2)3)19(22)21(24)27-15(4)5/h10-15,18-19,22H,6-9H2,1-5H3/t18?,19-/m0/s1. The topological polar surface area (TPSA) is 82.1 Å². The van der Waals surface area contributed by atoms with Gasteiger partial charge in [-0.05, 0) is 71.6 Å². The molecule has 0 saturated heterocycles. The van der Waals surface area contributed by atoms with Crippen LogP contribution in [0.5, 0.6) is 5.75 Å². The number of aliphatic hydroxyl groups excluding tert-OH is 1. The summed E-state index contributed by atoms with van der Waals surface area (Å²) in [6, 6.07) is 7.74. The molecule has 0 heterocycles. The number of carbonyl (C=O) groups excluding carboxylic acids is 2. The van der Waals surface area contributed by atoms with Crippen LogP contribution in [0, 0.1) is 5.92 Å². The van der Waals surface area contributed by atoms with Gasteiger partial charge in [0.05, 0.1) is 24.7 Å². The lowest BCUT2D eigenvalue weighted by Gasteiger charge is -2.22. The molecule has 0 radical (unpaired) electrons. The molecule has 2 atom stereocenters. The molecule has 152 valence electrons. The molecular formula is C21H32O6. The van der Waals surface area contributed by atoms with Crippen LogP contribution in [0.15, 0.2) is 24.3 Å². The van der Waals surface area contributed by atoms with E-state index in [1.54, 1.807) is 27.7 Å². The Morgan fingerprint density at radius 2 is 1.52 bits per heavy atom. The van der Waals surface area contributed by atoms with E-state index in [-0.39, 0.29) is 12.2 Å². The summed E-state index contributed by atoms with van der Waals surface area (Å²) in [4.78, 5) is 24.4. The molecule has 1 rings (SSSR count). The van der Waals surface area contributed by atoms with Gasteiger partial charge in [-0.1, -0.05) is 12.1 Å². The lowest BCUT2D eigenvalue weighted by Crippen LogP contribution is -2.39. The van der Waals surface area contributed by atoms with Crippen molar-refractivity contribution in [3.05, 3.63) is 29.8 Å². The van der Waals surface area contributed by atoms with E-state index in [4.69, 9.17) is 14.2 Å². The van der Waals surface area contributed by atoms with Gasteiger partial charge >= 0.3 is 11.9 Å². The molecule has 0 aliphatic rings. The third-order valence-electron chi connectivity index (χ3n) is 3.84. The van der Waals surface area contributed by atoms with E-state index < -0.39 is 24.0 Å². The van der Waals surface area contributed by atoms with Crippen molar-refractivity contribution < 1.29 is 28.9 Å². The van der Waals surface area contributed by atoms with E-state index in [0.29, 0.717) is 25.9 Å². The van der Waals surface area contributed by atoms with Crippen LogP contribution in [0.1, 0.15) is 53.0 Å². The summed E-state index contributed by atoms with van der Waals surface area (Å²) in [5.74, 6) is -1.51. The zero-order chi connectivity index (χ0) is 20.4. The van der Waals surface area contributed by atoms with E-state index in [2.05, 4.69) is 0 Å². The minimum Gasteiger partial charge on any atom is -0.494 e. The third-order valence-corrected chi connectivity index (χ3v) is 3.84. The van der Waals surface area contributed by atoms with Crippen LogP contribution in [0.4, 0.5) is 0 Å². The van der Waals surface area contributed by atoms with Crippen molar-refractivity contribution in [3.63, 3.8) is 0 Å². The van der Waals surface area contributed by atoms with Gasteiger partial charge in [0, 0.05) is 0 Å². The van der Waals surface area contributed by atoms with E-state index in [9.17, 15) is 14.7 Å². The molecule has 1 aromatic carbocycles. The molecule has 0 amide bonds. The first-order valence-corrected chi connectivity index (χ1v) is 9.55. The molecule has 0 aliphatic heterocycles. The fourth-order valence-electron chi connectivity index (χ4n) is 2.64. The van der Waals surface area contributed by atoms with E-state index in [1.165, 1.54) is 0 Å². The number of aryl methyl sites for hydroxylation is 1. The lowest BCUT2D eigenvalue weighted by atomic mass is 9.94. The Morgan fingerprint density at radius 3 is 2.04 bits per heavy atom. The monoisotopic (exact) mass is 380 g/mol. The van der Waals surface area contributed by atoms with Gasteiger partial charge in [-0.3, -0.25) is 4.79 Å². The molecule has 1 unspecified atom stereocenters. The summed E-state index contributed by atoms with van der Waals surface area (Å²) in [6.45, 7) is 9.39. The average molecular weight is 380 g/mol. The second kappa shape index (κ2) is 11.6. The van der Waals surface area contributed by atoms with Crippen LogP contribution in [0.25, 0.3) is 0 Å². The van der Waals surface area contributed by atoms with Gasteiger partial charge in [-0.15, -0.1) is 0 Å². The van der Waals surface area contributed by atoms with E-state index in [1.807, 2.05) is 31.2 Å². The van der Waals surface area contributed by atoms with Crippen molar-refractivity contribution in [2.45, 2.75) is 72.2 Å². The summed E-state index contributed by atoms with van der Waals surface area (Å²) in [5, 5.41) is 10.3. The minimum absolute atomic E-state index is 0.320. The maximum Gasteiger partial charge on any atom is 0.336 e. The number of esters is 2. The predicted octanol–water partition coefficient (Wildman–Crippen LogP) is 3.29. The first kappa shape index (κ1) is 23.0. The Hall–Kier alpha value is -2.08. The van der Waals surface area contributed by atoms with Crippen molar-refractivity contribution in [2.24, 2.45) is 5.92 Å². The van der Waals surface area contributed by atoms with Gasteiger partial charge in [0.2, 0.25) is 0 Å². The van der Waals surface area contributed by atoms with Crippen LogP contribution in [-0.2, 0) is 25.5 Å². The Morgan fingerprint density at radius 1 is 0.963 bits per heavy atom. The molecule has 1 aromatic rings. The van der Waals surface area contributed by atoms with Crippen LogP contribution in [-0.4, -0.2) is 42.0 Å². The molecule has 0 aromatic heterocycles. The van der Waals surface area contributed by atoms with Gasteiger partial charge < -0.3 is 19.3 Å². The molecule has 0 fully saturated rings. The molecule has 0 spiro atoms. The summed E-state index contributed by atoms with van der Waals surface area (Å²) in [5.41, 5.74) is 1.09. The predicted molar refractivity (Wildman–Crippen MR) is 103 cm³/mol. The highest BCUT2D eigenvalue weighted by Gasteiger charge is 2.35. The van der Waals surface area contributed by atoms with Crippen LogP contribution in [0.3, 0.4) is 0 Å². The third kappa shape index (κ3) is 8.43. The van der Waals surface area contributed by atoms with Gasteiger partial charge in [-0.25, -0.2) is 4.79 Å².